The highest BCUT2D eigenvalue weighted by atomic mass is 127. The molecule has 0 atom stereocenters. The number of benzene rings is 1. The van der Waals surface area contributed by atoms with E-state index in [9.17, 15) is 9.59 Å². The number of rotatable bonds is 3. The summed E-state index contributed by atoms with van der Waals surface area (Å²) in [5.74, 6) is -0.218. The van der Waals surface area contributed by atoms with Crippen LogP contribution in [0.5, 0.6) is 0 Å². The van der Waals surface area contributed by atoms with Gasteiger partial charge in [0.15, 0.2) is 0 Å². The minimum Gasteiger partial charge on any atom is -0.352 e. The van der Waals surface area contributed by atoms with Crippen molar-refractivity contribution < 1.29 is 9.59 Å². The van der Waals surface area contributed by atoms with Crippen LogP contribution in [0.25, 0.3) is 6.08 Å². The lowest BCUT2D eigenvalue weighted by Gasteiger charge is -2.12. The van der Waals surface area contributed by atoms with E-state index in [-0.39, 0.29) is 11.1 Å². The molecule has 0 unspecified atom stereocenters. The Morgan fingerprint density at radius 1 is 1.17 bits per heavy atom. The maximum Gasteiger partial charge on any atom is 0.293 e. The fourth-order valence-electron chi connectivity index (χ4n) is 2.58. The standard InChI is InChI=1S/C18H17IN2O2S/c1-11-8-14(12(2)20(11)3)9-16-17(22)21(18(23)24-16)10-13-4-6-15(19)7-5-13/h4-9H,10H2,1-3H3/b16-9-. The van der Waals surface area contributed by atoms with E-state index in [1.807, 2.05) is 57.3 Å². The van der Waals surface area contributed by atoms with Crippen LogP contribution in [0.2, 0.25) is 0 Å². The molecule has 1 aromatic heterocycles. The van der Waals surface area contributed by atoms with Crippen molar-refractivity contribution in [2.24, 2.45) is 7.05 Å². The molecule has 0 bridgehead atoms. The normalized spacial score (nSPS) is 16.5. The van der Waals surface area contributed by atoms with Crippen molar-refractivity contribution in [3.05, 3.63) is 61.3 Å². The minimum absolute atomic E-state index is 0.213. The molecule has 6 heteroatoms. The Kier molecular flexibility index (Phi) is 4.87. The zero-order chi connectivity index (χ0) is 17.4. The largest absolute Gasteiger partial charge is 0.352 e. The molecular formula is C18H17IN2O2S. The predicted octanol–water partition coefficient (Wildman–Crippen LogP) is 4.48. The molecule has 0 N–H and O–H groups in total. The van der Waals surface area contributed by atoms with Crippen molar-refractivity contribution in [1.29, 1.82) is 0 Å². The monoisotopic (exact) mass is 452 g/mol. The van der Waals surface area contributed by atoms with Crippen LogP contribution in [0.15, 0.2) is 35.2 Å². The third-order valence-corrected chi connectivity index (χ3v) is 5.86. The number of carbonyl (C=O) groups excluding carboxylic acids is 2. The Hall–Kier alpha value is -1.54. The Morgan fingerprint density at radius 3 is 2.42 bits per heavy atom. The lowest BCUT2D eigenvalue weighted by molar-refractivity contribution is -0.123. The van der Waals surface area contributed by atoms with E-state index in [1.165, 1.54) is 4.90 Å². The number of thioether (sulfide) groups is 1. The Bertz CT molecular complexity index is 853. The molecule has 3 rings (SSSR count). The van der Waals surface area contributed by atoms with Crippen LogP contribution in [0.4, 0.5) is 4.79 Å². The number of aryl methyl sites for hydroxylation is 1. The van der Waals surface area contributed by atoms with Gasteiger partial charge in [-0.3, -0.25) is 14.5 Å². The summed E-state index contributed by atoms with van der Waals surface area (Å²) >= 11 is 3.24. The van der Waals surface area contributed by atoms with Crippen molar-refractivity contribution in [2.45, 2.75) is 20.4 Å². The summed E-state index contributed by atoms with van der Waals surface area (Å²) in [6.07, 6.45) is 1.82. The van der Waals surface area contributed by atoms with Crippen LogP contribution in [-0.2, 0) is 18.4 Å². The first-order chi connectivity index (χ1) is 11.4. The number of amides is 2. The summed E-state index contributed by atoms with van der Waals surface area (Å²) in [5.41, 5.74) is 4.13. The average Bonchev–Trinajstić information content (AvgIpc) is 2.95. The molecule has 124 valence electrons. The van der Waals surface area contributed by atoms with Gasteiger partial charge in [-0.25, -0.2) is 0 Å². The zero-order valence-electron chi connectivity index (χ0n) is 13.7. The van der Waals surface area contributed by atoms with Crippen molar-refractivity contribution in [2.75, 3.05) is 0 Å². The maximum absolute atomic E-state index is 12.6. The molecule has 1 aliphatic heterocycles. The van der Waals surface area contributed by atoms with Gasteiger partial charge in [0.05, 0.1) is 11.4 Å². The van der Waals surface area contributed by atoms with Crippen LogP contribution in [0.1, 0.15) is 22.5 Å². The highest BCUT2D eigenvalue weighted by Crippen LogP contribution is 2.34. The van der Waals surface area contributed by atoms with E-state index in [0.717, 1.165) is 37.8 Å². The first-order valence-electron chi connectivity index (χ1n) is 7.49. The van der Waals surface area contributed by atoms with Gasteiger partial charge in [-0.05, 0) is 83.6 Å². The minimum atomic E-state index is -0.218. The van der Waals surface area contributed by atoms with E-state index >= 15 is 0 Å². The average molecular weight is 452 g/mol. The molecule has 2 aromatic rings. The zero-order valence-corrected chi connectivity index (χ0v) is 16.6. The molecule has 1 saturated heterocycles. The van der Waals surface area contributed by atoms with Gasteiger partial charge < -0.3 is 4.57 Å². The van der Waals surface area contributed by atoms with E-state index in [4.69, 9.17) is 0 Å². The Balaban J connectivity index is 1.84. The van der Waals surface area contributed by atoms with Gasteiger partial charge in [0, 0.05) is 22.0 Å². The molecule has 1 aliphatic rings. The molecule has 24 heavy (non-hydrogen) atoms. The van der Waals surface area contributed by atoms with Gasteiger partial charge >= 0.3 is 0 Å². The van der Waals surface area contributed by atoms with Crippen LogP contribution >= 0.6 is 34.4 Å². The van der Waals surface area contributed by atoms with Gasteiger partial charge in [-0.2, -0.15) is 0 Å². The van der Waals surface area contributed by atoms with Crippen LogP contribution in [-0.4, -0.2) is 20.6 Å². The summed E-state index contributed by atoms with van der Waals surface area (Å²) < 4.78 is 3.20. The van der Waals surface area contributed by atoms with Crippen molar-refractivity contribution in [3.8, 4) is 0 Å². The molecule has 0 spiro atoms. The maximum atomic E-state index is 12.6. The highest BCUT2D eigenvalue weighted by molar-refractivity contribution is 14.1. The van der Waals surface area contributed by atoms with Gasteiger partial charge in [0.2, 0.25) is 0 Å². The Morgan fingerprint density at radius 2 is 1.83 bits per heavy atom. The fraction of sp³-hybridized carbons (Fsp3) is 0.222. The number of carbonyl (C=O) groups is 2. The highest BCUT2D eigenvalue weighted by Gasteiger charge is 2.35. The SMILES string of the molecule is Cc1cc(/C=C2\SC(=O)N(Cc3ccc(I)cc3)C2=O)c(C)n1C. The smallest absolute Gasteiger partial charge is 0.293 e. The number of hydrogen-bond donors (Lipinski definition) is 0. The third-order valence-electron chi connectivity index (χ3n) is 4.23. The number of halogens is 1. The third kappa shape index (κ3) is 3.30. The topological polar surface area (TPSA) is 42.3 Å². The second-order valence-corrected chi connectivity index (χ2v) is 8.02. The molecule has 0 aliphatic carbocycles. The van der Waals surface area contributed by atoms with E-state index in [2.05, 4.69) is 27.2 Å². The van der Waals surface area contributed by atoms with Gasteiger partial charge in [0.1, 0.15) is 0 Å². The molecule has 2 amide bonds. The second kappa shape index (κ2) is 6.76. The second-order valence-electron chi connectivity index (χ2n) is 5.78. The molecule has 4 nitrogen and oxygen atoms in total. The molecular weight excluding hydrogens is 435 g/mol. The molecule has 1 fully saturated rings. The first kappa shape index (κ1) is 17.3. The molecule has 1 aromatic carbocycles. The number of aromatic nitrogens is 1. The van der Waals surface area contributed by atoms with Gasteiger partial charge in [0.25, 0.3) is 11.1 Å². The summed E-state index contributed by atoms with van der Waals surface area (Å²) in [7, 11) is 1.99. The fourth-order valence-corrected chi connectivity index (χ4v) is 3.77. The number of hydrogen-bond acceptors (Lipinski definition) is 3. The summed E-state index contributed by atoms with van der Waals surface area (Å²) in [6.45, 7) is 4.34. The lowest BCUT2D eigenvalue weighted by Crippen LogP contribution is -2.27. The molecule has 2 heterocycles. The van der Waals surface area contributed by atoms with Crippen LogP contribution in [0.3, 0.4) is 0 Å². The van der Waals surface area contributed by atoms with Crippen molar-refractivity contribution in [1.82, 2.24) is 9.47 Å². The van der Waals surface area contributed by atoms with Crippen LogP contribution in [0, 0.1) is 17.4 Å². The summed E-state index contributed by atoms with van der Waals surface area (Å²) in [5, 5.41) is -0.213. The van der Waals surface area contributed by atoms with E-state index in [0.29, 0.717) is 11.4 Å². The van der Waals surface area contributed by atoms with Gasteiger partial charge in [-0.15, -0.1) is 0 Å². The summed E-state index contributed by atoms with van der Waals surface area (Å²) in [6, 6.07) is 9.86. The van der Waals surface area contributed by atoms with E-state index < -0.39 is 0 Å². The predicted molar refractivity (Wildman–Crippen MR) is 106 cm³/mol. The van der Waals surface area contributed by atoms with E-state index in [1.54, 1.807) is 0 Å². The Labute approximate surface area is 159 Å². The summed E-state index contributed by atoms with van der Waals surface area (Å²) in [4.78, 5) is 26.6. The van der Waals surface area contributed by atoms with Crippen LogP contribution < -0.4 is 0 Å². The lowest BCUT2D eigenvalue weighted by atomic mass is 10.2. The van der Waals surface area contributed by atoms with Crippen molar-refractivity contribution in [3.63, 3.8) is 0 Å². The first-order valence-corrected chi connectivity index (χ1v) is 9.39. The molecule has 0 radical (unpaired) electrons. The van der Waals surface area contributed by atoms with Gasteiger partial charge in [-0.1, -0.05) is 12.1 Å². The van der Waals surface area contributed by atoms with Crippen molar-refractivity contribution >= 4 is 51.6 Å². The quantitative estimate of drug-likeness (QED) is 0.510. The number of imide groups is 1. The molecule has 0 saturated carbocycles. The number of nitrogens with zero attached hydrogens (tertiary/aromatic N) is 2.